The van der Waals surface area contributed by atoms with E-state index in [4.69, 9.17) is 4.74 Å². The van der Waals surface area contributed by atoms with Crippen LogP contribution in [0, 0.1) is 0 Å². The van der Waals surface area contributed by atoms with E-state index in [1.54, 1.807) is 6.92 Å². The fourth-order valence-corrected chi connectivity index (χ4v) is 1.48. The van der Waals surface area contributed by atoms with E-state index in [9.17, 15) is 4.79 Å². The molecule has 0 radical (unpaired) electrons. The topological polar surface area (TPSA) is 26.3 Å². The molecule has 0 N–H and O–H groups in total. The summed E-state index contributed by atoms with van der Waals surface area (Å²) in [5.41, 5.74) is 1.11. The lowest BCUT2D eigenvalue weighted by molar-refractivity contribution is -0.118. The van der Waals surface area contributed by atoms with Gasteiger partial charge in [-0.05, 0) is 24.6 Å². The van der Waals surface area contributed by atoms with Crippen molar-refractivity contribution in [3.8, 4) is 0 Å². The van der Waals surface area contributed by atoms with E-state index in [0.717, 1.165) is 10.0 Å². The molecule has 0 aromatic heterocycles. The standard InChI is InChI=1S/C11H13BrO2/c1-9(13)5-6-14-8-10-3-2-4-11(12)7-10/h2-4,7H,5-6,8H2,1H3. The fourth-order valence-electron chi connectivity index (χ4n) is 1.03. The Bertz CT molecular complexity index is 310. The monoisotopic (exact) mass is 256 g/mol. The van der Waals surface area contributed by atoms with Gasteiger partial charge in [-0.2, -0.15) is 0 Å². The van der Waals surface area contributed by atoms with Gasteiger partial charge in [-0.1, -0.05) is 28.1 Å². The van der Waals surface area contributed by atoms with Gasteiger partial charge in [0.1, 0.15) is 5.78 Å². The number of hydrogen-bond acceptors (Lipinski definition) is 2. The fraction of sp³-hybridized carbons (Fsp3) is 0.364. The molecule has 0 heterocycles. The third-order valence-corrected chi connectivity index (χ3v) is 2.25. The minimum absolute atomic E-state index is 0.166. The van der Waals surface area contributed by atoms with Crippen LogP contribution in [-0.4, -0.2) is 12.4 Å². The molecule has 0 aliphatic carbocycles. The first kappa shape index (κ1) is 11.4. The molecule has 0 saturated carbocycles. The van der Waals surface area contributed by atoms with Crippen LogP contribution in [0.1, 0.15) is 18.9 Å². The Morgan fingerprint density at radius 1 is 1.50 bits per heavy atom. The van der Waals surface area contributed by atoms with Crippen molar-refractivity contribution in [2.45, 2.75) is 20.0 Å². The van der Waals surface area contributed by atoms with Crippen molar-refractivity contribution in [3.63, 3.8) is 0 Å². The first-order valence-electron chi connectivity index (χ1n) is 4.50. The van der Waals surface area contributed by atoms with E-state index in [1.165, 1.54) is 0 Å². The third-order valence-electron chi connectivity index (χ3n) is 1.76. The van der Waals surface area contributed by atoms with Crippen molar-refractivity contribution in [2.24, 2.45) is 0 Å². The molecule has 3 heteroatoms. The first-order chi connectivity index (χ1) is 6.68. The number of halogens is 1. The van der Waals surface area contributed by atoms with E-state index in [0.29, 0.717) is 19.6 Å². The minimum atomic E-state index is 0.166. The zero-order valence-electron chi connectivity index (χ0n) is 8.13. The predicted octanol–water partition coefficient (Wildman–Crippen LogP) is 2.94. The van der Waals surface area contributed by atoms with Gasteiger partial charge in [-0.3, -0.25) is 4.79 Å². The Morgan fingerprint density at radius 3 is 2.93 bits per heavy atom. The number of carbonyl (C=O) groups is 1. The quantitative estimate of drug-likeness (QED) is 0.758. The van der Waals surface area contributed by atoms with Crippen molar-refractivity contribution in [1.82, 2.24) is 0 Å². The first-order valence-corrected chi connectivity index (χ1v) is 5.29. The molecule has 14 heavy (non-hydrogen) atoms. The van der Waals surface area contributed by atoms with E-state index < -0.39 is 0 Å². The van der Waals surface area contributed by atoms with Crippen LogP contribution < -0.4 is 0 Å². The maximum atomic E-state index is 10.6. The molecule has 0 fully saturated rings. The second kappa shape index (κ2) is 5.94. The summed E-state index contributed by atoms with van der Waals surface area (Å²) < 4.78 is 6.39. The van der Waals surface area contributed by atoms with Crippen LogP contribution in [0.4, 0.5) is 0 Å². The van der Waals surface area contributed by atoms with Gasteiger partial charge in [-0.25, -0.2) is 0 Å². The largest absolute Gasteiger partial charge is 0.376 e. The number of Topliss-reactive ketones (excluding diaryl/α,β-unsaturated/α-hetero) is 1. The van der Waals surface area contributed by atoms with Gasteiger partial charge in [0, 0.05) is 10.9 Å². The average Bonchev–Trinajstić information content (AvgIpc) is 2.12. The van der Waals surface area contributed by atoms with Crippen molar-refractivity contribution < 1.29 is 9.53 Å². The van der Waals surface area contributed by atoms with Crippen molar-refractivity contribution in [1.29, 1.82) is 0 Å². The third kappa shape index (κ3) is 4.53. The highest BCUT2D eigenvalue weighted by Gasteiger charge is 1.96. The average molecular weight is 257 g/mol. The lowest BCUT2D eigenvalue weighted by atomic mass is 10.2. The molecular weight excluding hydrogens is 244 g/mol. The van der Waals surface area contributed by atoms with Crippen molar-refractivity contribution in [3.05, 3.63) is 34.3 Å². The number of rotatable bonds is 5. The summed E-state index contributed by atoms with van der Waals surface area (Å²) in [5, 5.41) is 0. The van der Waals surface area contributed by atoms with Gasteiger partial charge in [0.2, 0.25) is 0 Å². The summed E-state index contributed by atoms with van der Waals surface area (Å²) in [6.45, 7) is 2.64. The summed E-state index contributed by atoms with van der Waals surface area (Å²) in [6, 6.07) is 7.94. The smallest absolute Gasteiger partial charge is 0.132 e. The van der Waals surface area contributed by atoms with Gasteiger partial charge in [0.25, 0.3) is 0 Å². The summed E-state index contributed by atoms with van der Waals surface area (Å²) in [7, 11) is 0. The minimum Gasteiger partial charge on any atom is -0.376 e. The number of carbonyl (C=O) groups excluding carboxylic acids is 1. The number of ether oxygens (including phenoxy) is 1. The molecule has 0 aliphatic rings. The summed E-state index contributed by atoms with van der Waals surface area (Å²) in [5.74, 6) is 0.166. The van der Waals surface area contributed by atoms with Crippen molar-refractivity contribution >= 4 is 21.7 Å². The molecule has 0 amide bonds. The van der Waals surface area contributed by atoms with Crippen LogP contribution >= 0.6 is 15.9 Å². The van der Waals surface area contributed by atoms with Crippen LogP contribution in [0.25, 0.3) is 0 Å². The molecule has 0 unspecified atom stereocenters. The van der Waals surface area contributed by atoms with Crippen LogP contribution in [0.5, 0.6) is 0 Å². The normalized spacial score (nSPS) is 10.1. The zero-order valence-corrected chi connectivity index (χ0v) is 9.71. The number of benzene rings is 1. The van der Waals surface area contributed by atoms with Crippen LogP contribution in [0.2, 0.25) is 0 Å². The van der Waals surface area contributed by atoms with Gasteiger partial charge < -0.3 is 4.74 Å². The molecule has 76 valence electrons. The van der Waals surface area contributed by atoms with E-state index in [2.05, 4.69) is 15.9 Å². The Balaban J connectivity index is 2.28. The van der Waals surface area contributed by atoms with Crippen LogP contribution in [0.15, 0.2) is 28.7 Å². The maximum absolute atomic E-state index is 10.6. The molecule has 1 aromatic carbocycles. The van der Waals surface area contributed by atoms with Gasteiger partial charge in [-0.15, -0.1) is 0 Å². The molecule has 0 aliphatic heterocycles. The van der Waals surface area contributed by atoms with E-state index in [-0.39, 0.29) is 5.78 Å². The Labute approximate surface area is 92.4 Å². The SMILES string of the molecule is CC(=O)CCOCc1cccc(Br)c1. The highest BCUT2D eigenvalue weighted by molar-refractivity contribution is 9.10. The van der Waals surface area contributed by atoms with Gasteiger partial charge >= 0.3 is 0 Å². The highest BCUT2D eigenvalue weighted by atomic mass is 79.9. The van der Waals surface area contributed by atoms with Crippen LogP contribution in [0.3, 0.4) is 0 Å². The lowest BCUT2D eigenvalue weighted by Crippen LogP contribution is -2.00. The number of hydrogen-bond donors (Lipinski definition) is 0. The molecule has 0 atom stereocenters. The molecule has 1 rings (SSSR count). The second-order valence-corrected chi connectivity index (χ2v) is 4.05. The summed E-state index contributed by atoms with van der Waals surface area (Å²) >= 11 is 3.38. The lowest BCUT2D eigenvalue weighted by Gasteiger charge is -2.03. The van der Waals surface area contributed by atoms with Gasteiger partial charge in [0.15, 0.2) is 0 Å². The summed E-state index contributed by atoms with van der Waals surface area (Å²) in [6.07, 6.45) is 0.494. The zero-order chi connectivity index (χ0) is 10.4. The Morgan fingerprint density at radius 2 is 2.29 bits per heavy atom. The predicted molar refractivity (Wildman–Crippen MR) is 59.1 cm³/mol. The van der Waals surface area contributed by atoms with E-state index >= 15 is 0 Å². The molecule has 0 bridgehead atoms. The molecular formula is C11H13BrO2. The molecule has 1 aromatic rings. The Kier molecular flexibility index (Phi) is 4.84. The van der Waals surface area contributed by atoms with Crippen molar-refractivity contribution in [2.75, 3.05) is 6.61 Å². The van der Waals surface area contributed by atoms with Gasteiger partial charge in [0.05, 0.1) is 13.2 Å². The summed E-state index contributed by atoms with van der Waals surface area (Å²) in [4.78, 5) is 10.6. The molecule has 0 spiro atoms. The number of ketones is 1. The van der Waals surface area contributed by atoms with E-state index in [1.807, 2.05) is 24.3 Å². The second-order valence-electron chi connectivity index (χ2n) is 3.13. The highest BCUT2D eigenvalue weighted by Crippen LogP contribution is 2.12. The maximum Gasteiger partial charge on any atom is 0.132 e. The Hall–Kier alpha value is -0.670. The van der Waals surface area contributed by atoms with Crippen LogP contribution in [-0.2, 0) is 16.1 Å². The molecule has 2 nitrogen and oxygen atoms in total. The molecule has 0 saturated heterocycles.